The van der Waals surface area contributed by atoms with Crippen molar-refractivity contribution in [1.29, 1.82) is 0 Å². The Balaban J connectivity index is 1.82. The van der Waals surface area contributed by atoms with Crippen molar-refractivity contribution in [3.8, 4) is 11.5 Å². The lowest BCUT2D eigenvalue weighted by Crippen LogP contribution is -2.41. The normalized spacial score (nSPS) is 10.2. The van der Waals surface area contributed by atoms with E-state index in [-0.39, 0.29) is 0 Å². The lowest BCUT2D eigenvalue weighted by molar-refractivity contribution is 0.0846. The van der Waals surface area contributed by atoms with Crippen LogP contribution in [0.3, 0.4) is 0 Å². The van der Waals surface area contributed by atoms with Gasteiger partial charge in [0.25, 0.3) is 11.8 Å². The fourth-order valence-electron chi connectivity index (χ4n) is 2.49. The van der Waals surface area contributed by atoms with Crippen LogP contribution in [0.25, 0.3) is 0 Å². The first-order chi connectivity index (χ1) is 13.5. The predicted octanol–water partition coefficient (Wildman–Crippen LogP) is 4.33. The van der Waals surface area contributed by atoms with E-state index < -0.39 is 11.8 Å². The summed E-state index contributed by atoms with van der Waals surface area (Å²) in [5, 5.41) is 0. The van der Waals surface area contributed by atoms with Gasteiger partial charge in [0, 0.05) is 11.1 Å². The van der Waals surface area contributed by atoms with E-state index >= 15 is 0 Å². The van der Waals surface area contributed by atoms with E-state index in [1.165, 1.54) is 12.8 Å². The van der Waals surface area contributed by atoms with Crippen molar-refractivity contribution in [2.75, 3.05) is 13.7 Å². The number of benzene rings is 2. The maximum Gasteiger partial charge on any atom is 0.269 e. The summed E-state index contributed by atoms with van der Waals surface area (Å²) in [6, 6.07) is 11.9. The van der Waals surface area contributed by atoms with E-state index in [1.807, 2.05) is 0 Å². The maximum absolute atomic E-state index is 12.2. The van der Waals surface area contributed by atoms with Crippen LogP contribution in [0.2, 0.25) is 0 Å². The van der Waals surface area contributed by atoms with E-state index in [0.29, 0.717) is 23.5 Å². The van der Waals surface area contributed by atoms with Crippen LogP contribution < -0.4 is 20.3 Å². The molecule has 2 amide bonds. The number of hydrazine groups is 1. The van der Waals surface area contributed by atoms with Crippen molar-refractivity contribution in [3.05, 3.63) is 57.2 Å². The zero-order valence-corrected chi connectivity index (χ0v) is 18.2. The molecule has 0 heterocycles. The molecule has 0 aliphatic heterocycles. The number of hydrogen-bond donors (Lipinski definition) is 2. The average Bonchev–Trinajstić information content (AvgIpc) is 2.72. The number of carbonyl (C=O) groups excluding carboxylic acids is 2. The van der Waals surface area contributed by atoms with Gasteiger partial charge in [-0.3, -0.25) is 20.4 Å². The van der Waals surface area contributed by atoms with E-state index in [2.05, 4.69) is 40.4 Å². The number of unbranched alkanes of at least 4 members (excludes halogenated alkanes) is 3. The Morgan fingerprint density at radius 2 is 1.57 bits per heavy atom. The third kappa shape index (κ3) is 6.70. The number of amides is 2. The Morgan fingerprint density at radius 3 is 2.18 bits per heavy atom. The van der Waals surface area contributed by atoms with Gasteiger partial charge < -0.3 is 9.47 Å². The number of hydrogen-bond acceptors (Lipinski definition) is 4. The van der Waals surface area contributed by atoms with Crippen molar-refractivity contribution in [3.63, 3.8) is 0 Å². The third-order valence-electron chi connectivity index (χ3n) is 4.09. The molecule has 0 atom stereocenters. The van der Waals surface area contributed by atoms with Crippen molar-refractivity contribution >= 4 is 34.4 Å². The highest BCUT2D eigenvalue weighted by Gasteiger charge is 2.11. The minimum atomic E-state index is -0.402. The SMILES string of the molecule is CCCCCCOc1ccc(C(=O)NNC(=O)c2ccc(OC)c(I)c2)cc1. The molecule has 0 bridgehead atoms. The molecule has 150 valence electrons. The minimum absolute atomic E-state index is 0.397. The van der Waals surface area contributed by atoms with Crippen molar-refractivity contribution in [1.82, 2.24) is 10.9 Å². The predicted molar refractivity (Wildman–Crippen MR) is 117 cm³/mol. The summed E-state index contributed by atoms with van der Waals surface area (Å²) in [4.78, 5) is 24.4. The zero-order valence-electron chi connectivity index (χ0n) is 16.1. The summed E-state index contributed by atoms with van der Waals surface area (Å²) in [5.74, 6) is 0.616. The van der Waals surface area contributed by atoms with Crippen LogP contribution in [-0.2, 0) is 0 Å². The molecule has 0 fully saturated rings. The number of ether oxygens (including phenoxy) is 2. The number of halogens is 1. The van der Waals surface area contributed by atoms with Gasteiger partial charge >= 0.3 is 0 Å². The first-order valence-electron chi connectivity index (χ1n) is 9.22. The summed E-state index contributed by atoms with van der Waals surface area (Å²) in [5.41, 5.74) is 5.70. The highest BCUT2D eigenvalue weighted by Crippen LogP contribution is 2.21. The Hall–Kier alpha value is -2.29. The van der Waals surface area contributed by atoms with E-state index in [1.54, 1.807) is 49.6 Å². The molecule has 6 nitrogen and oxygen atoms in total. The molecular weight excluding hydrogens is 471 g/mol. The van der Waals surface area contributed by atoms with Gasteiger partial charge in [0.15, 0.2) is 0 Å². The molecule has 0 saturated heterocycles. The molecule has 7 heteroatoms. The fourth-order valence-corrected chi connectivity index (χ4v) is 3.22. The van der Waals surface area contributed by atoms with Gasteiger partial charge in [-0.1, -0.05) is 26.2 Å². The van der Waals surface area contributed by atoms with E-state index in [9.17, 15) is 9.59 Å². The second kappa shape index (κ2) is 11.5. The molecule has 28 heavy (non-hydrogen) atoms. The molecule has 0 saturated carbocycles. The largest absolute Gasteiger partial charge is 0.496 e. The Morgan fingerprint density at radius 1 is 0.929 bits per heavy atom. The number of nitrogens with one attached hydrogen (secondary N) is 2. The maximum atomic E-state index is 12.2. The average molecular weight is 496 g/mol. The minimum Gasteiger partial charge on any atom is -0.496 e. The molecule has 2 rings (SSSR count). The van der Waals surface area contributed by atoms with Gasteiger partial charge in [-0.25, -0.2) is 0 Å². The van der Waals surface area contributed by atoms with Gasteiger partial charge in [-0.2, -0.15) is 0 Å². The summed E-state index contributed by atoms with van der Waals surface area (Å²) in [7, 11) is 1.57. The summed E-state index contributed by atoms with van der Waals surface area (Å²) in [6.07, 6.45) is 4.58. The Labute approximate surface area is 179 Å². The third-order valence-corrected chi connectivity index (χ3v) is 4.93. The monoisotopic (exact) mass is 496 g/mol. The summed E-state index contributed by atoms with van der Waals surface area (Å²) >= 11 is 2.09. The van der Waals surface area contributed by atoms with Gasteiger partial charge in [-0.05, 0) is 71.5 Å². The number of carbonyl (C=O) groups is 2. The van der Waals surface area contributed by atoms with Crippen molar-refractivity contribution < 1.29 is 19.1 Å². The Bertz CT molecular complexity index is 793. The van der Waals surface area contributed by atoms with Crippen molar-refractivity contribution in [2.24, 2.45) is 0 Å². The van der Waals surface area contributed by atoms with Crippen LogP contribution >= 0.6 is 22.6 Å². The molecule has 0 aliphatic rings. The molecule has 2 N–H and O–H groups in total. The van der Waals surface area contributed by atoms with Crippen LogP contribution in [0.15, 0.2) is 42.5 Å². The topological polar surface area (TPSA) is 76.7 Å². The van der Waals surface area contributed by atoms with Crippen LogP contribution in [0.5, 0.6) is 11.5 Å². The second-order valence-electron chi connectivity index (χ2n) is 6.19. The van der Waals surface area contributed by atoms with Gasteiger partial charge in [0.1, 0.15) is 11.5 Å². The van der Waals surface area contributed by atoms with Gasteiger partial charge in [-0.15, -0.1) is 0 Å². The molecule has 2 aromatic carbocycles. The second-order valence-corrected chi connectivity index (χ2v) is 7.35. The van der Waals surface area contributed by atoms with Gasteiger partial charge in [0.2, 0.25) is 0 Å². The standard InChI is InChI=1S/C21H25IN2O4/c1-3-4-5-6-13-28-17-10-7-15(8-11-17)20(25)23-24-21(26)16-9-12-19(27-2)18(22)14-16/h7-12,14H,3-6,13H2,1-2H3,(H,23,25)(H,24,26). The molecular formula is C21H25IN2O4. The van der Waals surface area contributed by atoms with Crippen LogP contribution in [0.1, 0.15) is 53.3 Å². The van der Waals surface area contributed by atoms with E-state index in [4.69, 9.17) is 9.47 Å². The zero-order chi connectivity index (χ0) is 20.4. The first-order valence-corrected chi connectivity index (χ1v) is 10.3. The summed E-state index contributed by atoms with van der Waals surface area (Å²) in [6.45, 7) is 2.84. The highest BCUT2D eigenvalue weighted by molar-refractivity contribution is 14.1. The highest BCUT2D eigenvalue weighted by atomic mass is 127. The number of rotatable bonds is 9. The van der Waals surface area contributed by atoms with Gasteiger partial charge in [0.05, 0.1) is 17.3 Å². The van der Waals surface area contributed by atoms with Crippen LogP contribution in [0.4, 0.5) is 0 Å². The molecule has 0 unspecified atom stereocenters. The molecule has 2 aromatic rings. The first kappa shape index (κ1) is 22.0. The van der Waals surface area contributed by atoms with Crippen LogP contribution in [-0.4, -0.2) is 25.5 Å². The molecule has 0 aromatic heterocycles. The van der Waals surface area contributed by atoms with Crippen molar-refractivity contribution in [2.45, 2.75) is 32.6 Å². The molecule has 0 spiro atoms. The lowest BCUT2D eigenvalue weighted by Gasteiger charge is -2.10. The fraction of sp³-hybridized carbons (Fsp3) is 0.333. The van der Waals surface area contributed by atoms with E-state index in [0.717, 1.165) is 22.2 Å². The van der Waals surface area contributed by atoms with Crippen LogP contribution in [0, 0.1) is 3.57 Å². The summed E-state index contributed by atoms with van der Waals surface area (Å²) < 4.78 is 11.6. The quantitative estimate of drug-likeness (QED) is 0.308. The lowest BCUT2D eigenvalue weighted by atomic mass is 10.2. The Kier molecular flexibility index (Phi) is 9.06. The number of methoxy groups -OCH3 is 1. The smallest absolute Gasteiger partial charge is 0.269 e. The molecule has 0 aliphatic carbocycles. The molecule has 0 radical (unpaired) electrons.